The quantitative estimate of drug-likeness (QED) is 0.740. The number of ether oxygens (including phenoxy) is 1. The highest BCUT2D eigenvalue weighted by molar-refractivity contribution is 7.10. The van der Waals surface area contributed by atoms with Gasteiger partial charge in [0.1, 0.15) is 0 Å². The molecule has 0 radical (unpaired) electrons. The number of rotatable bonds is 5. The van der Waals surface area contributed by atoms with E-state index in [-0.39, 0.29) is 48.8 Å². The summed E-state index contributed by atoms with van der Waals surface area (Å²) in [5.74, 6) is -1.28. The summed E-state index contributed by atoms with van der Waals surface area (Å²) < 4.78 is 5.21. The van der Waals surface area contributed by atoms with Crippen molar-refractivity contribution in [2.45, 2.75) is 31.7 Å². The van der Waals surface area contributed by atoms with Crippen LogP contribution in [0.5, 0.6) is 0 Å². The Morgan fingerprint density at radius 2 is 1.93 bits per heavy atom. The van der Waals surface area contributed by atoms with E-state index >= 15 is 0 Å². The fraction of sp³-hybridized carbons (Fsp3) is 0.333. The molecule has 1 aromatic heterocycles. The fourth-order valence-corrected chi connectivity index (χ4v) is 4.54. The van der Waals surface area contributed by atoms with E-state index in [1.54, 1.807) is 28.4 Å². The zero-order chi connectivity index (χ0) is 21.1. The molecule has 0 aliphatic carbocycles. The molecule has 9 heteroatoms. The fourth-order valence-electron chi connectivity index (χ4n) is 3.67. The van der Waals surface area contributed by atoms with Gasteiger partial charge in [0.15, 0.2) is 6.61 Å². The Hall–Kier alpha value is -3.20. The Morgan fingerprint density at radius 1 is 1.13 bits per heavy atom. The van der Waals surface area contributed by atoms with Crippen LogP contribution in [0, 0.1) is 0 Å². The van der Waals surface area contributed by atoms with E-state index in [1.807, 2.05) is 17.5 Å². The average molecular weight is 427 g/mol. The molecule has 30 heavy (non-hydrogen) atoms. The first kappa shape index (κ1) is 20.1. The van der Waals surface area contributed by atoms with Gasteiger partial charge in [0, 0.05) is 24.3 Å². The topological polar surface area (TPSA) is 96.0 Å². The summed E-state index contributed by atoms with van der Waals surface area (Å²) in [6.45, 7) is 0.340. The van der Waals surface area contributed by atoms with Crippen LogP contribution in [-0.4, -0.2) is 41.7 Å². The number of benzene rings is 1. The lowest BCUT2D eigenvalue weighted by Gasteiger charge is -2.27. The smallest absolute Gasteiger partial charge is 0.338 e. The predicted molar refractivity (Wildman–Crippen MR) is 110 cm³/mol. The third-order valence-electron chi connectivity index (χ3n) is 5.18. The minimum atomic E-state index is -0.615. The van der Waals surface area contributed by atoms with Crippen molar-refractivity contribution in [2.75, 3.05) is 18.2 Å². The molecule has 4 rings (SSSR count). The van der Waals surface area contributed by atoms with E-state index in [0.717, 1.165) is 17.7 Å². The van der Waals surface area contributed by atoms with Crippen LogP contribution in [0.25, 0.3) is 0 Å². The molecule has 3 heterocycles. The van der Waals surface area contributed by atoms with Crippen molar-refractivity contribution in [1.29, 1.82) is 0 Å². The summed E-state index contributed by atoms with van der Waals surface area (Å²) in [5.41, 5.74) is 3.22. The second-order valence-electron chi connectivity index (χ2n) is 7.15. The molecule has 2 aromatic rings. The van der Waals surface area contributed by atoms with Crippen LogP contribution in [0.15, 0.2) is 41.8 Å². The van der Waals surface area contributed by atoms with Gasteiger partial charge in [0.05, 0.1) is 17.3 Å². The standard InChI is InChI=1S/C21H21N3O5S/c25-18-9-10-19(26)24(22-18)15-7-5-14(6-8-15)21(28)29-13-20(27)23-11-1-3-16(23)17-4-2-12-30-17/h2,4-8,12,16H,1,3,9-11,13H2,(H,22,25)/t16-/m0/s1. The number of hydrazine groups is 1. The van der Waals surface area contributed by atoms with Crippen molar-refractivity contribution in [3.05, 3.63) is 52.2 Å². The number of nitrogens with one attached hydrogen (secondary N) is 1. The normalized spacial score (nSPS) is 19.0. The number of amides is 3. The van der Waals surface area contributed by atoms with Crippen molar-refractivity contribution < 1.29 is 23.9 Å². The van der Waals surface area contributed by atoms with E-state index in [1.165, 1.54) is 17.1 Å². The Labute approximate surface area is 177 Å². The molecule has 0 bridgehead atoms. The van der Waals surface area contributed by atoms with Crippen molar-refractivity contribution in [2.24, 2.45) is 0 Å². The van der Waals surface area contributed by atoms with E-state index < -0.39 is 5.97 Å². The number of thiophene rings is 1. The van der Waals surface area contributed by atoms with E-state index in [2.05, 4.69) is 5.43 Å². The summed E-state index contributed by atoms with van der Waals surface area (Å²) in [6.07, 6.45) is 2.14. The SMILES string of the molecule is O=C1CCC(=O)N(c2ccc(C(=O)OCC(=O)N3CCC[C@H]3c3cccs3)cc2)N1. The monoisotopic (exact) mass is 427 g/mol. The molecule has 3 amide bonds. The maximum Gasteiger partial charge on any atom is 0.338 e. The number of esters is 1. The molecule has 1 atom stereocenters. The highest BCUT2D eigenvalue weighted by Crippen LogP contribution is 2.34. The van der Waals surface area contributed by atoms with Crippen molar-refractivity contribution >= 4 is 40.7 Å². The summed E-state index contributed by atoms with van der Waals surface area (Å²) >= 11 is 1.62. The third kappa shape index (κ3) is 4.20. The van der Waals surface area contributed by atoms with E-state index in [0.29, 0.717) is 12.2 Å². The lowest BCUT2D eigenvalue weighted by atomic mass is 10.1. The van der Waals surface area contributed by atoms with Crippen LogP contribution >= 0.6 is 11.3 Å². The maximum absolute atomic E-state index is 12.6. The van der Waals surface area contributed by atoms with Gasteiger partial charge < -0.3 is 9.64 Å². The Kier molecular flexibility index (Phi) is 5.80. The Bertz CT molecular complexity index is 958. The first-order valence-corrected chi connectivity index (χ1v) is 10.6. The second-order valence-corrected chi connectivity index (χ2v) is 8.13. The molecule has 156 valence electrons. The van der Waals surface area contributed by atoms with Crippen LogP contribution in [0.1, 0.15) is 47.0 Å². The van der Waals surface area contributed by atoms with Gasteiger partial charge in [-0.1, -0.05) is 6.07 Å². The van der Waals surface area contributed by atoms with Gasteiger partial charge in [0.25, 0.3) is 5.91 Å². The van der Waals surface area contributed by atoms with Crippen LogP contribution in [0.4, 0.5) is 5.69 Å². The Balaban J connectivity index is 1.34. The van der Waals surface area contributed by atoms with Gasteiger partial charge in [-0.2, -0.15) is 0 Å². The lowest BCUT2D eigenvalue weighted by molar-refractivity contribution is -0.135. The maximum atomic E-state index is 12.6. The minimum Gasteiger partial charge on any atom is -0.452 e. The summed E-state index contributed by atoms with van der Waals surface area (Å²) in [5, 5.41) is 3.16. The molecular formula is C21H21N3O5S. The first-order valence-electron chi connectivity index (χ1n) is 9.75. The molecule has 0 spiro atoms. The number of carbonyl (C=O) groups excluding carboxylic acids is 4. The molecule has 1 N–H and O–H groups in total. The van der Waals surface area contributed by atoms with Crippen LogP contribution in [0.2, 0.25) is 0 Å². The summed E-state index contributed by atoms with van der Waals surface area (Å²) in [4.78, 5) is 51.3. The van der Waals surface area contributed by atoms with Gasteiger partial charge >= 0.3 is 5.97 Å². The number of hydrogen-bond acceptors (Lipinski definition) is 6. The molecule has 8 nitrogen and oxygen atoms in total. The van der Waals surface area contributed by atoms with E-state index in [9.17, 15) is 19.2 Å². The van der Waals surface area contributed by atoms with E-state index in [4.69, 9.17) is 4.74 Å². The molecule has 2 fully saturated rings. The first-order chi connectivity index (χ1) is 14.5. The molecule has 0 saturated carbocycles. The minimum absolute atomic E-state index is 0.0489. The average Bonchev–Trinajstić information content (AvgIpc) is 3.45. The highest BCUT2D eigenvalue weighted by atomic mass is 32.1. The van der Waals surface area contributed by atoms with Crippen LogP contribution in [-0.2, 0) is 19.1 Å². The zero-order valence-electron chi connectivity index (χ0n) is 16.2. The molecule has 2 saturated heterocycles. The van der Waals surface area contributed by atoms with Crippen molar-refractivity contribution in [1.82, 2.24) is 10.3 Å². The lowest BCUT2D eigenvalue weighted by Crippen LogP contribution is -2.50. The molecule has 0 unspecified atom stereocenters. The molecule has 2 aliphatic heterocycles. The molecule has 1 aromatic carbocycles. The van der Waals surface area contributed by atoms with Gasteiger partial charge in [-0.3, -0.25) is 19.8 Å². The van der Waals surface area contributed by atoms with Gasteiger partial charge in [0.2, 0.25) is 11.8 Å². The summed E-state index contributed by atoms with van der Waals surface area (Å²) in [7, 11) is 0. The van der Waals surface area contributed by atoms with Crippen molar-refractivity contribution in [3.63, 3.8) is 0 Å². The number of carbonyl (C=O) groups is 4. The van der Waals surface area contributed by atoms with Gasteiger partial charge in [-0.25, -0.2) is 9.80 Å². The number of anilines is 1. The second kappa shape index (κ2) is 8.66. The Morgan fingerprint density at radius 3 is 2.67 bits per heavy atom. The number of likely N-dealkylation sites (tertiary alicyclic amines) is 1. The van der Waals surface area contributed by atoms with Crippen LogP contribution < -0.4 is 10.4 Å². The molecule has 2 aliphatic rings. The zero-order valence-corrected chi connectivity index (χ0v) is 17.0. The number of hydrogen-bond donors (Lipinski definition) is 1. The predicted octanol–water partition coefficient (Wildman–Crippen LogP) is 2.43. The van der Waals surface area contributed by atoms with Crippen LogP contribution in [0.3, 0.4) is 0 Å². The van der Waals surface area contributed by atoms with Gasteiger partial charge in [-0.05, 0) is 48.6 Å². The highest BCUT2D eigenvalue weighted by Gasteiger charge is 2.31. The largest absolute Gasteiger partial charge is 0.452 e. The third-order valence-corrected chi connectivity index (χ3v) is 6.16. The van der Waals surface area contributed by atoms with Gasteiger partial charge in [-0.15, -0.1) is 11.3 Å². The number of nitrogens with zero attached hydrogens (tertiary/aromatic N) is 2. The summed E-state index contributed by atoms with van der Waals surface area (Å²) in [6, 6.07) is 10.1. The van der Waals surface area contributed by atoms with Crippen molar-refractivity contribution in [3.8, 4) is 0 Å². The molecular weight excluding hydrogens is 406 g/mol.